The van der Waals surface area contributed by atoms with Crippen molar-refractivity contribution in [1.29, 1.82) is 0 Å². The van der Waals surface area contributed by atoms with Crippen molar-refractivity contribution in [1.82, 2.24) is 4.90 Å². The third-order valence-electron chi connectivity index (χ3n) is 4.62. The summed E-state index contributed by atoms with van der Waals surface area (Å²) < 4.78 is 10.8. The van der Waals surface area contributed by atoms with Crippen LogP contribution in [0.4, 0.5) is 5.69 Å². The summed E-state index contributed by atoms with van der Waals surface area (Å²) in [6.45, 7) is 5.26. The van der Waals surface area contributed by atoms with Gasteiger partial charge in [-0.15, -0.1) is 0 Å². The fraction of sp³-hybridized carbons (Fsp3) is 0.409. The van der Waals surface area contributed by atoms with Crippen LogP contribution in [0.3, 0.4) is 0 Å². The SMILES string of the molecule is CCOc1ccccc1NC(=O)C(C)N(C)CCCc1ccc(OC)cc1. The number of anilines is 1. The Morgan fingerprint density at radius 2 is 1.85 bits per heavy atom. The number of likely N-dealkylation sites (N-methyl/N-ethyl adjacent to an activating group) is 1. The van der Waals surface area contributed by atoms with Crippen LogP contribution in [0.5, 0.6) is 11.5 Å². The molecule has 2 aromatic carbocycles. The number of carbonyl (C=O) groups is 1. The molecule has 0 aliphatic heterocycles. The first-order chi connectivity index (χ1) is 13.0. The van der Waals surface area contributed by atoms with E-state index < -0.39 is 0 Å². The van der Waals surface area contributed by atoms with Crippen LogP contribution in [-0.4, -0.2) is 44.2 Å². The van der Waals surface area contributed by atoms with Gasteiger partial charge in [0.05, 0.1) is 25.4 Å². The maximum Gasteiger partial charge on any atom is 0.241 e. The van der Waals surface area contributed by atoms with Crippen molar-refractivity contribution in [3.63, 3.8) is 0 Å². The van der Waals surface area contributed by atoms with Crippen LogP contribution in [0.2, 0.25) is 0 Å². The molecule has 2 rings (SSSR count). The standard InChI is InChI=1S/C22H30N2O3/c1-5-27-21-11-7-6-10-20(21)23-22(25)17(2)24(3)16-8-9-18-12-14-19(26-4)15-13-18/h6-7,10-15,17H,5,8-9,16H2,1-4H3,(H,23,25). The van der Waals surface area contributed by atoms with Gasteiger partial charge in [0.25, 0.3) is 0 Å². The molecule has 146 valence electrons. The maximum atomic E-state index is 12.6. The lowest BCUT2D eigenvalue weighted by Crippen LogP contribution is -2.40. The molecule has 1 atom stereocenters. The molecule has 1 N–H and O–H groups in total. The minimum absolute atomic E-state index is 0.0332. The Balaban J connectivity index is 1.83. The quantitative estimate of drug-likeness (QED) is 0.687. The van der Waals surface area contributed by atoms with Gasteiger partial charge in [-0.25, -0.2) is 0 Å². The first-order valence-corrected chi connectivity index (χ1v) is 9.41. The van der Waals surface area contributed by atoms with Crippen LogP contribution in [0.1, 0.15) is 25.8 Å². The Kier molecular flexibility index (Phi) is 8.14. The van der Waals surface area contributed by atoms with E-state index in [1.165, 1.54) is 5.56 Å². The Morgan fingerprint density at radius 3 is 2.52 bits per heavy atom. The Morgan fingerprint density at radius 1 is 1.15 bits per heavy atom. The van der Waals surface area contributed by atoms with Gasteiger partial charge in [-0.2, -0.15) is 0 Å². The predicted molar refractivity (Wildman–Crippen MR) is 110 cm³/mol. The van der Waals surface area contributed by atoms with Crippen molar-refractivity contribution in [2.45, 2.75) is 32.7 Å². The van der Waals surface area contributed by atoms with Gasteiger partial charge in [0.1, 0.15) is 11.5 Å². The van der Waals surface area contributed by atoms with Crippen LogP contribution in [-0.2, 0) is 11.2 Å². The van der Waals surface area contributed by atoms with Gasteiger partial charge in [-0.1, -0.05) is 24.3 Å². The molecule has 0 saturated carbocycles. The molecule has 0 bridgehead atoms. The highest BCUT2D eigenvalue weighted by molar-refractivity contribution is 5.95. The summed E-state index contributed by atoms with van der Waals surface area (Å²) in [5.41, 5.74) is 1.98. The molecule has 0 aliphatic rings. The lowest BCUT2D eigenvalue weighted by atomic mass is 10.1. The molecule has 0 aromatic heterocycles. The zero-order valence-corrected chi connectivity index (χ0v) is 16.7. The number of methoxy groups -OCH3 is 1. The van der Waals surface area contributed by atoms with E-state index in [0.29, 0.717) is 18.0 Å². The van der Waals surface area contributed by atoms with Gasteiger partial charge in [0.2, 0.25) is 5.91 Å². The Labute approximate surface area is 162 Å². The molecule has 0 heterocycles. The molecular formula is C22H30N2O3. The van der Waals surface area contributed by atoms with Crippen molar-refractivity contribution in [3.05, 3.63) is 54.1 Å². The van der Waals surface area contributed by atoms with E-state index in [1.807, 2.05) is 57.3 Å². The van der Waals surface area contributed by atoms with Crippen LogP contribution in [0, 0.1) is 0 Å². The Bertz CT molecular complexity index is 716. The van der Waals surface area contributed by atoms with Crippen molar-refractivity contribution >= 4 is 11.6 Å². The molecule has 0 saturated heterocycles. The number of hydrogen-bond acceptors (Lipinski definition) is 4. The molecule has 0 aliphatic carbocycles. The van der Waals surface area contributed by atoms with E-state index in [-0.39, 0.29) is 11.9 Å². The van der Waals surface area contributed by atoms with E-state index in [4.69, 9.17) is 9.47 Å². The largest absolute Gasteiger partial charge is 0.497 e. The molecule has 27 heavy (non-hydrogen) atoms. The number of rotatable bonds is 10. The van der Waals surface area contributed by atoms with Gasteiger partial charge in [0.15, 0.2) is 0 Å². The fourth-order valence-electron chi connectivity index (χ4n) is 2.81. The number of amides is 1. The molecule has 5 heteroatoms. The highest BCUT2D eigenvalue weighted by atomic mass is 16.5. The van der Waals surface area contributed by atoms with Gasteiger partial charge in [0, 0.05) is 0 Å². The molecule has 1 unspecified atom stereocenters. The topological polar surface area (TPSA) is 50.8 Å². The van der Waals surface area contributed by atoms with E-state index in [0.717, 1.165) is 25.1 Å². The van der Waals surface area contributed by atoms with Crippen molar-refractivity contribution in [3.8, 4) is 11.5 Å². The molecule has 0 fully saturated rings. The first kappa shape index (κ1) is 20.8. The predicted octanol–water partition coefficient (Wildman–Crippen LogP) is 3.99. The van der Waals surface area contributed by atoms with Gasteiger partial charge in [-0.05, 0) is 70.1 Å². The lowest BCUT2D eigenvalue weighted by molar-refractivity contribution is -0.120. The fourth-order valence-corrected chi connectivity index (χ4v) is 2.81. The average molecular weight is 370 g/mol. The monoisotopic (exact) mass is 370 g/mol. The lowest BCUT2D eigenvalue weighted by Gasteiger charge is -2.24. The zero-order chi connectivity index (χ0) is 19.6. The maximum absolute atomic E-state index is 12.6. The third kappa shape index (κ3) is 6.29. The second kappa shape index (κ2) is 10.6. The van der Waals surface area contributed by atoms with Crippen LogP contribution < -0.4 is 14.8 Å². The summed E-state index contributed by atoms with van der Waals surface area (Å²) in [5.74, 6) is 1.53. The van der Waals surface area contributed by atoms with Gasteiger partial charge >= 0.3 is 0 Å². The molecule has 5 nitrogen and oxygen atoms in total. The van der Waals surface area contributed by atoms with Crippen molar-refractivity contribution < 1.29 is 14.3 Å². The Hall–Kier alpha value is -2.53. The van der Waals surface area contributed by atoms with Crippen molar-refractivity contribution in [2.75, 3.05) is 32.6 Å². The molecular weight excluding hydrogens is 340 g/mol. The molecule has 2 aromatic rings. The van der Waals surface area contributed by atoms with E-state index in [1.54, 1.807) is 7.11 Å². The number of nitrogens with zero attached hydrogens (tertiary/aromatic N) is 1. The van der Waals surface area contributed by atoms with Gasteiger partial charge < -0.3 is 14.8 Å². The second-order valence-electron chi connectivity index (χ2n) is 6.53. The molecule has 0 radical (unpaired) electrons. The number of ether oxygens (including phenoxy) is 2. The number of aryl methyl sites for hydroxylation is 1. The minimum atomic E-state index is -0.226. The number of hydrogen-bond donors (Lipinski definition) is 1. The van der Waals surface area contributed by atoms with E-state index in [9.17, 15) is 4.79 Å². The third-order valence-corrected chi connectivity index (χ3v) is 4.62. The minimum Gasteiger partial charge on any atom is -0.497 e. The van der Waals surface area contributed by atoms with Crippen LogP contribution in [0.15, 0.2) is 48.5 Å². The van der Waals surface area contributed by atoms with Crippen LogP contribution in [0.25, 0.3) is 0 Å². The normalized spacial score (nSPS) is 11.9. The average Bonchev–Trinajstić information content (AvgIpc) is 2.69. The van der Waals surface area contributed by atoms with Crippen molar-refractivity contribution in [2.24, 2.45) is 0 Å². The number of carbonyl (C=O) groups excluding carboxylic acids is 1. The summed E-state index contributed by atoms with van der Waals surface area (Å²) in [5, 5.41) is 2.98. The van der Waals surface area contributed by atoms with E-state index in [2.05, 4.69) is 22.3 Å². The smallest absolute Gasteiger partial charge is 0.241 e. The van der Waals surface area contributed by atoms with Gasteiger partial charge in [-0.3, -0.25) is 9.69 Å². The molecule has 0 spiro atoms. The summed E-state index contributed by atoms with van der Waals surface area (Å²) in [4.78, 5) is 14.7. The second-order valence-corrected chi connectivity index (χ2v) is 6.53. The number of para-hydroxylation sites is 2. The molecule has 1 amide bonds. The number of benzene rings is 2. The summed E-state index contributed by atoms with van der Waals surface area (Å²) >= 11 is 0. The zero-order valence-electron chi connectivity index (χ0n) is 16.7. The van der Waals surface area contributed by atoms with E-state index >= 15 is 0 Å². The summed E-state index contributed by atoms with van der Waals surface area (Å²) in [7, 11) is 3.65. The highest BCUT2D eigenvalue weighted by Crippen LogP contribution is 2.24. The highest BCUT2D eigenvalue weighted by Gasteiger charge is 2.19. The first-order valence-electron chi connectivity index (χ1n) is 9.41. The summed E-state index contributed by atoms with van der Waals surface area (Å²) in [6, 6.07) is 15.4. The number of nitrogens with one attached hydrogen (secondary N) is 1. The van der Waals surface area contributed by atoms with Crippen LogP contribution >= 0.6 is 0 Å². The summed E-state index contributed by atoms with van der Waals surface area (Å²) in [6.07, 6.45) is 1.95.